The van der Waals surface area contributed by atoms with Crippen molar-refractivity contribution < 1.29 is 0 Å². The van der Waals surface area contributed by atoms with Crippen molar-refractivity contribution >= 4 is 49.9 Å². The van der Waals surface area contributed by atoms with Gasteiger partial charge in [-0.05, 0) is 31.0 Å². The van der Waals surface area contributed by atoms with Crippen molar-refractivity contribution in [2.75, 3.05) is 25.0 Å². The minimum Gasteiger partial charge on any atom is -0.347 e. The Morgan fingerprint density at radius 3 is 2.79 bits per heavy atom. The number of pyridine rings is 1. The standard InChI is InChI=1S/C18H19N7OS2.ClH/c1-24(13-3-2-5-19-10-13)17-22-15-16(27-17)23-18(28-15)25-6-4-11(7-14(25)26)12-8-20-21-9-12;/h4,6-9,13,19H,2-3,5,10H2,1H3,(H,20,21);1H/t13-;/m1./s1. The first-order valence-electron chi connectivity index (χ1n) is 9.12. The third kappa shape index (κ3) is 3.80. The lowest BCUT2D eigenvalue weighted by Gasteiger charge is -2.31. The first-order valence-corrected chi connectivity index (χ1v) is 10.8. The zero-order valence-electron chi connectivity index (χ0n) is 15.7. The van der Waals surface area contributed by atoms with Crippen LogP contribution in [0.25, 0.3) is 25.9 Å². The molecule has 1 fully saturated rings. The second-order valence-corrected chi connectivity index (χ2v) is 8.74. The molecule has 1 saturated heterocycles. The van der Waals surface area contributed by atoms with Crippen molar-refractivity contribution in [2.24, 2.45) is 0 Å². The molecule has 0 aliphatic carbocycles. The molecule has 8 nitrogen and oxygen atoms in total. The quantitative estimate of drug-likeness (QED) is 0.497. The molecular weight excluding hydrogens is 430 g/mol. The summed E-state index contributed by atoms with van der Waals surface area (Å²) in [5, 5.41) is 11.8. The van der Waals surface area contributed by atoms with Crippen LogP contribution in [0, 0.1) is 0 Å². The molecule has 0 aromatic carbocycles. The number of aromatic nitrogens is 5. The van der Waals surface area contributed by atoms with E-state index in [0.717, 1.165) is 39.0 Å². The zero-order chi connectivity index (χ0) is 19.1. The van der Waals surface area contributed by atoms with Crippen LogP contribution in [0.5, 0.6) is 0 Å². The van der Waals surface area contributed by atoms with E-state index >= 15 is 0 Å². The molecular formula is C18H20ClN7OS2. The molecule has 5 rings (SSSR count). The van der Waals surface area contributed by atoms with Crippen molar-refractivity contribution in [1.29, 1.82) is 0 Å². The van der Waals surface area contributed by atoms with Crippen molar-refractivity contribution in [3.8, 4) is 16.3 Å². The summed E-state index contributed by atoms with van der Waals surface area (Å²) in [7, 11) is 2.10. The summed E-state index contributed by atoms with van der Waals surface area (Å²) in [5.74, 6) is 0. The van der Waals surface area contributed by atoms with Crippen molar-refractivity contribution in [2.45, 2.75) is 18.9 Å². The first-order chi connectivity index (χ1) is 13.7. The van der Waals surface area contributed by atoms with E-state index in [0.29, 0.717) is 11.2 Å². The van der Waals surface area contributed by atoms with E-state index in [1.807, 2.05) is 6.07 Å². The van der Waals surface area contributed by atoms with E-state index < -0.39 is 0 Å². The van der Waals surface area contributed by atoms with Crippen LogP contribution >= 0.6 is 35.1 Å². The Morgan fingerprint density at radius 2 is 2.10 bits per heavy atom. The molecule has 0 spiro atoms. The summed E-state index contributed by atoms with van der Waals surface area (Å²) < 4.78 is 1.57. The lowest BCUT2D eigenvalue weighted by atomic mass is 10.1. The fraction of sp³-hybridized carbons (Fsp3) is 0.333. The van der Waals surface area contributed by atoms with Gasteiger partial charge in [0.05, 0.1) is 6.20 Å². The number of halogens is 1. The number of hydrogen-bond acceptors (Lipinski definition) is 8. The number of thiazole rings is 2. The SMILES string of the molecule is CN(c1nc2sc(-n3ccc(-c4cn[nH]c4)cc3=O)nc2s1)[C@@H]1CCCNC1.Cl. The van der Waals surface area contributed by atoms with Gasteiger partial charge in [-0.2, -0.15) is 5.10 Å². The van der Waals surface area contributed by atoms with Crippen molar-refractivity contribution in [1.82, 2.24) is 30.0 Å². The number of fused-ring (bicyclic) bond motifs is 1. The topological polar surface area (TPSA) is 91.7 Å². The number of likely N-dealkylation sites (N-methyl/N-ethyl adjacent to an activating group) is 1. The van der Waals surface area contributed by atoms with Gasteiger partial charge in [0.15, 0.2) is 19.9 Å². The van der Waals surface area contributed by atoms with E-state index in [1.54, 1.807) is 40.6 Å². The van der Waals surface area contributed by atoms with Gasteiger partial charge in [0.2, 0.25) is 0 Å². The van der Waals surface area contributed by atoms with Gasteiger partial charge in [0.1, 0.15) is 0 Å². The molecule has 1 aliphatic rings. The molecule has 4 aromatic rings. The zero-order valence-corrected chi connectivity index (χ0v) is 18.1. The summed E-state index contributed by atoms with van der Waals surface area (Å²) in [6.45, 7) is 2.08. The summed E-state index contributed by atoms with van der Waals surface area (Å²) in [6.07, 6.45) is 7.58. The smallest absolute Gasteiger partial charge is 0.257 e. The number of hydrogen-bond donors (Lipinski definition) is 2. The van der Waals surface area contributed by atoms with Crippen LogP contribution in [0.1, 0.15) is 12.8 Å². The molecule has 0 unspecified atom stereocenters. The summed E-state index contributed by atoms with van der Waals surface area (Å²) in [5.41, 5.74) is 1.60. The highest BCUT2D eigenvalue weighted by atomic mass is 35.5. The number of H-pyrrole nitrogens is 1. The van der Waals surface area contributed by atoms with Gasteiger partial charge in [-0.1, -0.05) is 22.7 Å². The van der Waals surface area contributed by atoms with E-state index in [4.69, 9.17) is 4.98 Å². The Morgan fingerprint density at radius 1 is 1.24 bits per heavy atom. The maximum atomic E-state index is 12.6. The molecule has 29 heavy (non-hydrogen) atoms. The molecule has 1 atom stereocenters. The fourth-order valence-electron chi connectivity index (χ4n) is 3.42. The number of aromatic amines is 1. The molecule has 2 N–H and O–H groups in total. The average Bonchev–Trinajstić information content (AvgIpc) is 3.44. The Hall–Kier alpha value is -2.27. The lowest BCUT2D eigenvalue weighted by molar-refractivity contribution is 0.445. The van der Waals surface area contributed by atoms with Crippen molar-refractivity contribution in [3.05, 3.63) is 41.1 Å². The van der Waals surface area contributed by atoms with Crippen molar-refractivity contribution in [3.63, 3.8) is 0 Å². The summed E-state index contributed by atoms with van der Waals surface area (Å²) >= 11 is 3.02. The van der Waals surface area contributed by atoms with Gasteiger partial charge in [-0.15, -0.1) is 12.4 Å². The van der Waals surface area contributed by atoms with E-state index in [1.165, 1.54) is 24.2 Å². The number of nitrogens with one attached hydrogen (secondary N) is 2. The van der Waals surface area contributed by atoms with Gasteiger partial charge >= 0.3 is 0 Å². The van der Waals surface area contributed by atoms with E-state index in [2.05, 4.69) is 32.4 Å². The third-order valence-electron chi connectivity index (χ3n) is 5.03. The molecule has 0 saturated carbocycles. The Balaban J connectivity index is 0.00000205. The van der Waals surface area contributed by atoms with Crippen LogP contribution in [0.3, 0.4) is 0 Å². The summed E-state index contributed by atoms with van der Waals surface area (Å²) in [6, 6.07) is 3.96. The van der Waals surface area contributed by atoms with E-state index in [9.17, 15) is 4.79 Å². The summed E-state index contributed by atoms with van der Waals surface area (Å²) in [4.78, 5) is 26.0. The van der Waals surface area contributed by atoms with Crippen LogP contribution in [0.15, 0.2) is 35.5 Å². The maximum absolute atomic E-state index is 12.6. The molecule has 1 aliphatic heterocycles. The van der Waals surface area contributed by atoms with Crippen LogP contribution in [0.4, 0.5) is 5.13 Å². The Bertz CT molecular complexity index is 1130. The Labute approximate surface area is 181 Å². The van der Waals surface area contributed by atoms with Gasteiger partial charge in [-0.3, -0.25) is 14.5 Å². The molecule has 11 heteroatoms. The Kier molecular flexibility index (Phi) is 5.68. The molecule has 152 valence electrons. The minimum atomic E-state index is -0.120. The average molecular weight is 450 g/mol. The molecule has 0 bridgehead atoms. The fourth-order valence-corrected chi connectivity index (χ4v) is 5.48. The normalized spacial score (nSPS) is 16.7. The van der Waals surface area contributed by atoms with Crippen LogP contribution in [0.2, 0.25) is 0 Å². The predicted molar refractivity (Wildman–Crippen MR) is 120 cm³/mol. The lowest BCUT2D eigenvalue weighted by Crippen LogP contribution is -2.44. The number of nitrogens with zero attached hydrogens (tertiary/aromatic N) is 5. The minimum absolute atomic E-state index is 0. The molecule has 0 radical (unpaired) electrons. The first kappa shape index (κ1) is 20.0. The van der Waals surface area contributed by atoms with Gasteiger partial charge in [0.25, 0.3) is 5.56 Å². The largest absolute Gasteiger partial charge is 0.347 e. The van der Waals surface area contributed by atoms with Crippen LogP contribution in [-0.4, -0.2) is 50.9 Å². The highest BCUT2D eigenvalue weighted by molar-refractivity contribution is 7.29. The highest BCUT2D eigenvalue weighted by Crippen LogP contribution is 2.34. The number of piperidine rings is 1. The molecule has 5 heterocycles. The number of rotatable bonds is 4. The second-order valence-electron chi connectivity index (χ2n) is 6.82. The third-order valence-corrected chi connectivity index (χ3v) is 7.15. The van der Waals surface area contributed by atoms with Gasteiger partial charge in [0, 0.05) is 43.7 Å². The monoisotopic (exact) mass is 449 g/mol. The van der Waals surface area contributed by atoms with E-state index in [-0.39, 0.29) is 18.0 Å². The number of anilines is 1. The highest BCUT2D eigenvalue weighted by Gasteiger charge is 2.22. The molecule has 4 aromatic heterocycles. The van der Waals surface area contributed by atoms with Crippen LogP contribution < -0.4 is 15.8 Å². The second kappa shape index (κ2) is 8.23. The van der Waals surface area contributed by atoms with Crippen LogP contribution in [-0.2, 0) is 0 Å². The maximum Gasteiger partial charge on any atom is 0.257 e. The van der Waals surface area contributed by atoms with Gasteiger partial charge in [-0.25, -0.2) is 9.97 Å². The predicted octanol–water partition coefficient (Wildman–Crippen LogP) is 2.90. The van der Waals surface area contributed by atoms with Gasteiger partial charge < -0.3 is 10.2 Å². The molecule has 0 amide bonds.